The number of nitrogens with one attached hydrogen (secondary N) is 2. The summed E-state index contributed by atoms with van der Waals surface area (Å²) in [6, 6.07) is 8.23. The fraction of sp³-hybridized carbons (Fsp3) is 0.471. The highest BCUT2D eigenvalue weighted by Crippen LogP contribution is 2.12. The van der Waals surface area contributed by atoms with Gasteiger partial charge in [-0.1, -0.05) is 30.3 Å². The molecule has 1 aliphatic heterocycles. The van der Waals surface area contributed by atoms with E-state index in [2.05, 4.69) is 10.6 Å². The Balaban J connectivity index is 1.81. The van der Waals surface area contributed by atoms with Crippen molar-refractivity contribution in [2.24, 2.45) is 0 Å². The third-order valence-electron chi connectivity index (χ3n) is 3.92. The Hall–Kier alpha value is -2.41. The van der Waals surface area contributed by atoms with Crippen LogP contribution in [-0.2, 0) is 16.0 Å². The lowest BCUT2D eigenvalue weighted by molar-refractivity contribution is -0.127. The van der Waals surface area contributed by atoms with Gasteiger partial charge < -0.3 is 15.7 Å². The molecule has 24 heavy (non-hydrogen) atoms. The first-order valence-electron chi connectivity index (χ1n) is 8.07. The quantitative estimate of drug-likeness (QED) is 0.601. The molecule has 1 saturated heterocycles. The molecule has 0 spiro atoms. The standard InChI is InChI=1S/C17H23N3O4/c1-12(11-21)18-15(22)8-7-14-16(23)20(17(24)19-14)10-9-13-5-3-2-4-6-13/h2-6,12,14,21H,7-11H2,1H3,(H,18,22)(H,19,24)/t12-,14+/m0/s1. The predicted molar refractivity (Wildman–Crippen MR) is 88.1 cm³/mol. The zero-order valence-corrected chi connectivity index (χ0v) is 13.7. The minimum absolute atomic E-state index is 0.119. The first-order chi connectivity index (χ1) is 11.5. The smallest absolute Gasteiger partial charge is 0.324 e. The molecular weight excluding hydrogens is 310 g/mol. The van der Waals surface area contributed by atoms with Gasteiger partial charge in [0.2, 0.25) is 5.91 Å². The van der Waals surface area contributed by atoms with Gasteiger partial charge in [0, 0.05) is 19.0 Å². The van der Waals surface area contributed by atoms with Gasteiger partial charge in [0.15, 0.2) is 0 Å². The molecule has 7 nitrogen and oxygen atoms in total. The van der Waals surface area contributed by atoms with Gasteiger partial charge in [0.05, 0.1) is 6.61 Å². The Labute approximate surface area is 141 Å². The molecule has 1 aromatic rings. The van der Waals surface area contributed by atoms with E-state index in [1.165, 1.54) is 4.90 Å². The summed E-state index contributed by atoms with van der Waals surface area (Å²) in [6.45, 7) is 1.86. The summed E-state index contributed by atoms with van der Waals surface area (Å²) in [7, 11) is 0. The van der Waals surface area contributed by atoms with Crippen molar-refractivity contribution in [3.8, 4) is 0 Å². The van der Waals surface area contributed by atoms with Crippen LogP contribution in [0.25, 0.3) is 0 Å². The topological polar surface area (TPSA) is 98.7 Å². The van der Waals surface area contributed by atoms with Crippen LogP contribution in [0.2, 0.25) is 0 Å². The number of amides is 4. The fourth-order valence-corrected chi connectivity index (χ4v) is 2.54. The molecule has 0 saturated carbocycles. The summed E-state index contributed by atoms with van der Waals surface area (Å²) in [4.78, 5) is 37.1. The third-order valence-corrected chi connectivity index (χ3v) is 3.92. The zero-order chi connectivity index (χ0) is 17.5. The molecule has 0 unspecified atom stereocenters. The average molecular weight is 333 g/mol. The van der Waals surface area contributed by atoms with Crippen LogP contribution in [0.4, 0.5) is 4.79 Å². The number of aliphatic hydroxyl groups is 1. The van der Waals surface area contributed by atoms with Gasteiger partial charge in [-0.3, -0.25) is 14.5 Å². The summed E-state index contributed by atoms with van der Waals surface area (Å²) < 4.78 is 0. The maximum Gasteiger partial charge on any atom is 0.324 e. The molecule has 4 amide bonds. The lowest BCUT2D eigenvalue weighted by Gasteiger charge is -2.13. The lowest BCUT2D eigenvalue weighted by Crippen LogP contribution is -2.37. The van der Waals surface area contributed by atoms with Crippen LogP contribution in [0.5, 0.6) is 0 Å². The van der Waals surface area contributed by atoms with Crippen molar-refractivity contribution in [2.75, 3.05) is 13.2 Å². The van der Waals surface area contributed by atoms with Gasteiger partial charge in [0.25, 0.3) is 5.91 Å². The van der Waals surface area contributed by atoms with Crippen molar-refractivity contribution in [3.05, 3.63) is 35.9 Å². The first-order valence-corrected chi connectivity index (χ1v) is 8.07. The van der Waals surface area contributed by atoms with Crippen molar-refractivity contribution < 1.29 is 19.5 Å². The molecular formula is C17H23N3O4. The Bertz CT molecular complexity index is 591. The van der Waals surface area contributed by atoms with E-state index in [0.29, 0.717) is 13.0 Å². The number of hydrogen-bond donors (Lipinski definition) is 3. The van der Waals surface area contributed by atoms with E-state index in [-0.39, 0.29) is 37.3 Å². The molecule has 1 aliphatic rings. The van der Waals surface area contributed by atoms with Crippen LogP contribution in [0.1, 0.15) is 25.3 Å². The Kier molecular flexibility index (Phi) is 6.31. The van der Waals surface area contributed by atoms with Crippen molar-refractivity contribution in [1.82, 2.24) is 15.5 Å². The Morgan fingerprint density at radius 2 is 2.04 bits per heavy atom. The van der Waals surface area contributed by atoms with Crippen molar-refractivity contribution in [2.45, 2.75) is 38.3 Å². The molecule has 3 N–H and O–H groups in total. The Morgan fingerprint density at radius 1 is 1.33 bits per heavy atom. The number of imide groups is 1. The molecule has 2 atom stereocenters. The maximum absolute atomic E-state index is 12.3. The number of aliphatic hydroxyl groups excluding tert-OH is 1. The molecule has 1 aromatic carbocycles. The van der Waals surface area contributed by atoms with Crippen LogP contribution in [0.15, 0.2) is 30.3 Å². The van der Waals surface area contributed by atoms with Gasteiger partial charge in [-0.2, -0.15) is 0 Å². The summed E-state index contributed by atoms with van der Waals surface area (Å²) in [5.74, 6) is -0.541. The van der Waals surface area contributed by atoms with Crippen molar-refractivity contribution in [1.29, 1.82) is 0 Å². The van der Waals surface area contributed by atoms with E-state index >= 15 is 0 Å². The van der Waals surface area contributed by atoms with E-state index in [0.717, 1.165) is 5.56 Å². The molecule has 0 aliphatic carbocycles. The van der Waals surface area contributed by atoms with E-state index in [1.807, 2.05) is 30.3 Å². The molecule has 0 aromatic heterocycles. The predicted octanol–water partition coefficient (Wildman–Crippen LogP) is 0.427. The zero-order valence-electron chi connectivity index (χ0n) is 13.7. The molecule has 1 heterocycles. The highest BCUT2D eigenvalue weighted by atomic mass is 16.3. The first kappa shape index (κ1) is 17.9. The summed E-state index contributed by atoms with van der Waals surface area (Å²) in [5.41, 5.74) is 1.05. The summed E-state index contributed by atoms with van der Waals surface area (Å²) >= 11 is 0. The third kappa shape index (κ3) is 4.79. The molecule has 2 rings (SSSR count). The van der Waals surface area contributed by atoms with Crippen LogP contribution >= 0.6 is 0 Å². The second kappa shape index (κ2) is 8.44. The minimum atomic E-state index is -0.663. The number of nitrogens with zero attached hydrogens (tertiary/aromatic N) is 1. The van der Waals surface area contributed by atoms with Gasteiger partial charge in [0.1, 0.15) is 6.04 Å². The number of carbonyl (C=O) groups is 3. The van der Waals surface area contributed by atoms with Gasteiger partial charge >= 0.3 is 6.03 Å². The van der Waals surface area contributed by atoms with E-state index in [9.17, 15) is 14.4 Å². The van der Waals surface area contributed by atoms with Gasteiger partial charge in [-0.25, -0.2) is 4.79 Å². The molecule has 130 valence electrons. The van der Waals surface area contributed by atoms with E-state index in [4.69, 9.17) is 5.11 Å². The minimum Gasteiger partial charge on any atom is -0.394 e. The summed E-state index contributed by atoms with van der Waals surface area (Å²) in [5, 5.41) is 14.1. The van der Waals surface area contributed by atoms with Crippen LogP contribution in [-0.4, -0.2) is 53.1 Å². The molecule has 0 radical (unpaired) electrons. The Morgan fingerprint density at radius 3 is 2.71 bits per heavy atom. The monoisotopic (exact) mass is 333 g/mol. The number of benzene rings is 1. The highest BCUT2D eigenvalue weighted by Gasteiger charge is 2.37. The van der Waals surface area contributed by atoms with Gasteiger partial charge in [-0.15, -0.1) is 0 Å². The summed E-state index contributed by atoms with van der Waals surface area (Å²) in [6.07, 6.45) is 0.963. The number of rotatable bonds is 8. The lowest BCUT2D eigenvalue weighted by atomic mass is 10.1. The molecule has 1 fully saturated rings. The van der Waals surface area contributed by atoms with E-state index in [1.54, 1.807) is 6.92 Å². The van der Waals surface area contributed by atoms with Crippen molar-refractivity contribution in [3.63, 3.8) is 0 Å². The molecule has 7 heteroatoms. The van der Waals surface area contributed by atoms with Crippen LogP contribution in [0.3, 0.4) is 0 Å². The fourth-order valence-electron chi connectivity index (χ4n) is 2.54. The van der Waals surface area contributed by atoms with Crippen LogP contribution in [0, 0.1) is 0 Å². The van der Waals surface area contributed by atoms with E-state index < -0.39 is 12.1 Å². The van der Waals surface area contributed by atoms with Crippen LogP contribution < -0.4 is 10.6 Å². The second-order valence-corrected chi connectivity index (χ2v) is 5.92. The van der Waals surface area contributed by atoms with Gasteiger partial charge in [-0.05, 0) is 25.3 Å². The number of carbonyl (C=O) groups excluding carboxylic acids is 3. The second-order valence-electron chi connectivity index (χ2n) is 5.92. The number of urea groups is 1. The number of hydrogen-bond acceptors (Lipinski definition) is 4. The SMILES string of the molecule is C[C@@H](CO)NC(=O)CC[C@H]1NC(=O)N(CCc2ccccc2)C1=O. The maximum atomic E-state index is 12.3. The highest BCUT2D eigenvalue weighted by molar-refractivity contribution is 6.04. The average Bonchev–Trinajstić information content (AvgIpc) is 2.85. The van der Waals surface area contributed by atoms with Crippen molar-refractivity contribution >= 4 is 17.8 Å². The normalized spacial score (nSPS) is 18.4. The largest absolute Gasteiger partial charge is 0.394 e. The molecule has 0 bridgehead atoms.